The molecule has 1 aliphatic heterocycles. The highest BCUT2D eigenvalue weighted by Crippen LogP contribution is 2.32. The number of hydrogen-bond donors (Lipinski definition) is 1. The molecule has 0 bridgehead atoms. The van der Waals surface area contributed by atoms with Gasteiger partial charge in [-0.1, -0.05) is 12.8 Å². The second kappa shape index (κ2) is 9.26. The highest BCUT2D eigenvalue weighted by molar-refractivity contribution is 5.99. The van der Waals surface area contributed by atoms with E-state index in [2.05, 4.69) is 31.8 Å². The van der Waals surface area contributed by atoms with Gasteiger partial charge in [0.15, 0.2) is 11.3 Å². The minimum atomic E-state index is -0.298. The average Bonchev–Trinajstić information content (AvgIpc) is 3.35. The van der Waals surface area contributed by atoms with E-state index in [-0.39, 0.29) is 34.4 Å². The van der Waals surface area contributed by atoms with Crippen LogP contribution in [0.15, 0.2) is 34.3 Å². The molecule has 2 aliphatic rings. The molecule has 4 heterocycles. The fourth-order valence-corrected chi connectivity index (χ4v) is 5.21. The molecule has 5 rings (SSSR count). The molecule has 184 valence electrons. The van der Waals surface area contributed by atoms with E-state index in [9.17, 15) is 14.8 Å². The molecule has 1 N–H and O–H groups in total. The number of Topliss-reactive ketones (excluding diaryl/α,β-unsaturated/α-hetero) is 1. The number of likely N-dealkylation sites (N-methyl/N-ethyl adjacent to an activating group) is 1. The van der Waals surface area contributed by atoms with Gasteiger partial charge in [0.25, 0.3) is 11.5 Å². The summed E-state index contributed by atoms with van der Waals surface area (Å²) in [5, 5.41) is 11.3. The number of nitrogens with zero attached hydrogens (tertiary/aromatic N) is 7. The van der Waals surface area contributed by atoms with E-state index in [1.807, 2.05) is 6.07 Å². The van der Waals surface area contributed by atoms with Crippen molar-refractivity contribution in [2.45, 2.75) is 45.6 Å². The molecule has 1 aliphatic carbocycles. The number of hydrogen-bond acceptors (Lipinski definition) is 8. The lowest BCUT2D eigenvalue weighted by Crippen LogP contribution is -2.44. The fourth-order valence-electron chi connectivity index (χ4n) is 5.21. The van der Waals surface area contributed by atoms with Gasteiger partial charge in [-0.3, -0.25) is 14.2 Å². The van der Waals surface area contributed by atoms with Crippen molar-refractivity contribution >= 4 is 28.5 Å². The SMILES string of the molecule is CC(=O)c1c(C)c2cnc(N=c3ccc(N4CCN(C)CC4)cn3O)nc2n(C2CCCC2)c1=O. The summed E-state index contributed by atoms with van der Waals surface area (Å²) in [6, 6.07) is 3.66. The number of fused-ring (bicyclic) bond motifs is 1. The van der Waals surface area contributed by atoms with E-state index in [1.54, 1.807) is 30.0 Å². The number of piperazine rings is 1. The zero-order valence-electron chi connectivity index (χ0n) is 20.4. The van der Waals surface area contributed by atoms with Crippen LogP contribution < -0.4 is 15.9 Å². The van der Waals surface area contributed by atoms with E-state index in [0.29, 0.717) is 16.6 Å². The normalized spacial score (nSPS) is 18.0. The Morgan fingerprint density at radius 3 is 2.51 bits per heavy atom. The smallest absolute Gasteiger partial charge is 0.263 e. The topological polar surface area (TPSA) is 109 Å². The van der Waals surface area contributed by atoms with Crippen LogP contribution in [0.25, 0.3) is 11.0 Å². The van der Waals surface area contributed by atoms with Crippen molar-refractivity contribution in [3.05, 3.63) is 51.5 Å². The Bertz CT molecular complexity index is 1410. The number of aryl methyl sites for hydroxylation is 1. The average molecular weight is 478 g/mol. The van der Waals surface area contributed by atoms with Crippen LogP contribution in [0.5, 0.6) is 0 Å². The molecule has 0 radical (unpaired) electrons. The van der Waals surface area contributed by atoms with E-state index >= 15 is 0 Å². The largest absolute Gasteiger partial charge is 0.427 e. The van der Waals surface area contributed by atoms with Crippen LogP contribution in [0.4, 0.5) is 11.6 Å². The first kappa shape index (κ1) is 23.2. The molecule has 2 fully saturated rings. The molecule has 10 nitrogen and oxygen atoms in total. The van der Waals surface area contributed by atoms with E-state index in [0.717, 1.165) is 62.3 Å². The molecule has 1 saturated heterocycles. The van der Waals surface area contributed by atoms with Crippen molar-refractivity contribution in [3.63, 3.8) is 0 Å². The van der Waals surface area contributed by atoms with Gasteiger partial charge in [0.2, 0.25) is 0 Å². The van der Waals surface area contributed by atoms with Gasteiger partial charge in [-0.25, -0.2) is 4.98 Å². The molecule has 0 atom stereocenters. The van der Waals surface area contributed by atoms with Crippen LogP contribution in [0.1, 0.15) is 54.6 Å². The summed E-state index contributed by atoms with van der Waals surface area (Å²) in [7, 11) is 2.10. The predicted molar refractivity (Wildman–Crippen MR) is 133 cm³/mol. The quantitative estimate of drug-likeness (QED) is 0.454. The van der Waals surface area contributed by atoms with Gasteiger partial charge in [-0.2, -0.15) is 14.7 Å². The van der Waals surface area contributed by atoms with Gasteiger partial charge in [0.1, 0.15) is 5.65 Å². The molecule has 35 heavy (non-hydrogen) atoms. The molecule has 3 aromatic rings. The van der Waals surface area contributed by atoms with Gasteiger partial charge < -0.3 is 15.0 Å². The first-order valence-electron chi connectivity index (χ1n) is 12.2. The van der Waals surface area contributed by atoms with Crippen molar-refractivity contribution in [1.82, 2.24) is 24.2 Å². The van der Waals surface area contributed by atoms with Crippen LogP contribution in [0, 0.1) is 6.92 Å². The summed E-state index contributed by atoms with van der Waals surface area (Å²) in [5.74, 6) is -0.106. The Labute approximate surface area is 203 Å². The van der Waals surface area contributed by atoms with Crippen LogP contribution in [0.3, 0.4) is 0 Å². The maximum Gasteiger partial charge on any atom is 0.263 e. The summed E-state index contributed by atoms with van der Waals surface area (Å²) in [6.07, 6.45) is 7.08. The lowest BCUT2D eigenvalue weighted by molar-refractivity contribution is 0.101. The molecule has 0 aromatic carbocycles. The van der Waals surface area contributed by atoms with E-state index in [4.69, 9.17) is 0 Å². The maximum absolute atomic E-state index is 13.4. The molecular weight excluding hydrogens is 446 g/mol. The van der Waals surface area contributed by atoms with Gasteiger partial charge in [0, 0.05) is 43.8 Å². The third-order valence-corrected chi connectivity index (χ3v) is 7.21. The zero-order chi connectivity index (χ0) is 24.7. The number of rotatable bonds is 4. The Hall–Kier alpha value is -3.53. The number of carbonyl (C=O) groups excluding carboxylic acids is 1. The van der Waals surface area contributed by atoms with E-state index < -0.39 is 0 Å². The molecule has 3 aromatic heterocycles. The number of pyridine rings is 2. The first-order valence-corrected chi connectivity index (χ1v) is 12.2. The minimum Gasteiger partial charge on any atom is -0.427 e. The fraction of sp³-hybridized carbons (Fsp3) is 0.480. The summed E-state index contributed by atoms with van der Waals surface area (Å²) in [4.78, 5) is 43.6. The van der Waals surface area contributed by atoms with Crippen LogP contribution in [0.2, 0.25) is 0 Å². The van der Waals surface area contributed by atoms with Crippen molar-refractivity contribution < 1.29 is 10.0 Å². The predicted octanol–water partition coefficient (Wildman–Crippen LogP) is 2.44. The maximum atomic E-state index is 13.4. The summed E-state index contributed by atoms with van der Waals surface area (Å²) in [6.45, 7) is 6.90. The molecule has 1 saturated carbocycles. The van der Waals surface area contributed by atoms with Gasteiger partial charge in [0.05, 0.1) is 17.4 Å². The van der Waals surface area contributed by atoms with Gasteiger partial charge in [-0.05, 0) is 51.4 Å². The summed E-state index contributed by atoms with van der Waals surface area (Å²) in [5.41, 5.74) is 2.18. The lowest BCUT2D eigenvalue weighted by Gasteiger charge is -2.33. The van der Waals surface area contributed by atoms with Crippen molar-refractivity contribution in [3.8, 4) is 0 Å². The number of carbonyl (C=O) groups is 1. The lowest BCUT2D eigenvalue weighted by atomic mass is 10.0. The van der Waals surface area contributed by atoms with Crippen LogP contribution in [-0.4, -0.2) is 68.4 Å². The number of anilines is 1. The third-order valence-electron chi connectivity index (χ3n) is 7.21. The molecule has 0 unspecified atom stereocenters. The molecule has 0 amide bonds. The molecule has 10 heteroatoms. The summed E-state index contributed by atoms with van der Waals surface area (Å²) < 4.78 is 2.64. The second-order valence-electron chi connectivity index (χ2n) is 9.57. The monoisotopic (exact) mass is 477 g/mol. The Kier molecular flexibility index (Phi) is 6.14. The minimum absolute atomic E-state index is 0.00269. The highest BCUT2D eigenvalue weighted by Gasteiger charge is 2.25. The molecular formula is C25H31N7O3. The molecule has 0 spiro atoms. The Morgan fingerprint density at radius 2 is 1.86 bits per heavy atom. The zero-order valence-corrected chi connectivity index (χ0v) is 20.4. The van der Waals surface area contributed by atoms with E-state index in [1.165, 1.54) is 6.92 Å². The van der Waals surface area contributed by atoms with Crippen LogP contribution in [-0.2, 0) is 0 Å². The standard InChI is InChI=1S/C25H31N7O3/c1-16-20-14-26-25(27-21-9-8-19(15-31(21)35)30-12-10-29(3)11-13-30)28-23(20)32(18-6-4-5-7-18)24(34)22(16)17(2)33/h8-9,14-15,18,35H,4-7,10-13H2,1-3H3. The Balaban J connectivity index is 1.59. The summed E-state index contributed by atoms with van der Waals surface area (Å²) >= 11 is 0. The van der Waals surface area contributed by atoms with Gasteiger partial charge in [-0.15, -0.1) is 0 Å². The first-order chi connectivity index (χ1) is 16.8. The third kappa shape index (κ3) is 4.34. The van der Waals surface area contributed by atoms with Gasteiger partial charge >= 0.3 is 0 Å². The second-order valence-corrected chi connectivity index (χ2v) is 9.57. The highest BCUT2D eigenvalue weighted by atomic mass is 16.5. The van der Waals surface area contributed by atoms with Crippen LogP contribution >= 0.6 is 0 Å². The van der Waals surface area contributed by atoms with Crippen molar-refractivity contribution in [1.29, 1.82) is 0 Å². The number of ketones is 1. The van der Waals surface area contributed by atoms with Crippen molar-refractivity contribution in [2.75, 3.05) is 38.1 Å². The number of aromatic nitrogens is 4. The Morgan fingerprint density at radius 1 is 1.14 bits per heavy atom. The van der Waals surface area contributed by atoms with Crippen molar-refractivity contribution in [2.24, 2.45) is 4.99 Å².